The number of ether oxygens (including phenoxy) is 1. The normalized spacial score (nSPS) is 29.8. The van der Waals surface area contributed by atoms with E-state index in [0.717, 1.165) is 35.8 Å². The van der Waals surface area contributed by atoms with Gasteiger partial charge in [0.25, 0.3) is 0 Å². The summed E-state index contributed by atoms with van der Waals surface area (Å²) in [6.07, 6.45) is 4.69. The first-order valence-corrected chi connectivity index (χ1v) is 16.6. The Morgan fingerprint density at radius 1 is 1.07 bits per heavy atom. The van der Waals surface area contributed by atoms with Crippen LogP contribution in [0.15, 0.2) is 59.2 Å². The minimum absolute atomic E-state index is 0.00801. The molecule has 1 aliphatic heterocycles. The van der Waals surface area contributed by atoms with Crippen molar-refractivity contribution in [3.8, 4) is 0 Å². The van der Waals surface area contributed by atoms with E-state index in [1.54, 1.807) is 13.2 Å². The van der Waals surface area contributed by atoms with Crippen molar-refractivity contribution in [1.29, 1.82) is 0 Å². The lowest BCUT2D eigenvalue weighted by molar-refractivity contribution is -0.241. The monoisotopic (exact) mass is 580 g/mol. The minimum Gasteiger partial charge on any atom is -0.464 e. The molecule has 7 rings (SSSR count). The average Bonchev–Trinajstić information content (AvgIpc) is 3.62. The summed E-state index contributed by atoms with van der Waals surface area (Å²) >= 11 is 0. The fourth-order valence-corrected chi connectivity index (χ4v) is 9.35. The van der Waals surface area contributed by atoms with E-state index in [4.69, 9.17) is 13.8 Å². The smallest absolute Gasteiger partial charge is 0.464 e. The van der Waals surface area contributed by atoms with Gasteiger partial charge in [0.2, 0.25) is 0 Å². The SMILES string of the molecule is CC1(C)[C@@H]2C[C@@H](OB(O)[C@H](Cc3coc4ccccc34)S(=O)(=O)CCc3ccccc3C3CCCO3)[C@@](C)(O)[C@H]1C2. The van der Waals surface area contributed by atoms with Crippen molar-refractivity contribution in [2.75, 3.05) is 12.4 Å². The Kier molecular flexibility index (Phi) is 7.65. The molecule has 2 heterocycles. The Morgan fingerprint density at radius 3 is 2.56 bits per heavy atom. The zero-order valence-corrected chi connectivity index (χ0v) is 25.0. The highest BCUT2D eigenvalue weighted by Crippen LogP contribution is 2.63. The molecule has 220 valence electrons. The number of sulfone groups is 1. The molecule has 6 atom stereocenters. The van der Waals surface area contributed by atoms with Crippen molar-refractivity contribution in [2.45, 2.75) is 82.3 Å². The number of benzene rings is 2. The predicted molar refractivity (Wildman–Crippen MR) is 159 cm³/mol. The highest BCUT2D eigenvalue weighted by molar-refractivity contribution is 7.93. The number of furan rings is 1. The molecule has 0 spiro atoms. The molecular formula is C32H41BO7S. The number of aliphatic hydroxyl groups is 1. The lowest BCUT2D eigenvalue weighted by Gasteiger charge is -2.65. The molecule has 41 heavy (non-hydrogen) atoms. The van der Waals surface area contributed by atoms with Gasteiger partial charge < -0.3 is 23.9 Å². The van der Waals surface area contributed by atoms with E-state index in [1.807, 2.05) is 48.5 Å². The fourth-order valence-electron chi connectivity index (χ4n) is 7.69. The summed E-state index contributed by atoms with van der Waals surface area (Å²) in [6.45, 7) is 6.81. The Bertz CT molecular complexity index is 1490. The van der Waals surface area contributed by atoms with Crippen LogP contribution < -0.4 is 0 Å². The molecule has 3 aliphatic carbocycles. The van der Waals surface area contributed by atoms with E-state index < -0.39 is 33.8 Å². The molecule has 4 aliphatic rings. The molecule has 0 amide bonds. The van der Waals surface area contributed by atoms with Crippen LogP contribution >= 0.6 is 0 Å². The van der Waals surface area contributed by atoms with Gasteiger partial charge >= 0.3 is 7.12 Å². The second-order valence-corrected chi connectivity index (χ2v) is 15.4. The first-order chi connectivity index (χ1) is 19.5. The molecule has 3 saturated carbocycles. The molecule has 7 nitrogen and oxygen atoms in total. The van der Waals surface area contributed by atoms with Gasteiger partial charge in [-0.05, 0) is 85.5 Å². The number of rotatable bonds is 10. The number of para-hydroxylation sites is 1. The maximum Gasteiger partial charge on any atom is 0.474 e. The van der Waals surface area contributed by atoms with Crippen molar-refractivity contribution in [2.24, 2.45) is 17.3 Å². The lowest BCUT2D eigenvalue weighted by atomic mass is 9.43. The third-order valence-electron chi connectivity index (χ3n) is 10.4. The van der Waals surface area contributed by atoms with Gasteiger partial charge in [-0.15, -0.1) is 0 Å². The van der Waals surface area contributed by atoms with Crippen LogP contribution in [0.5, 0.6) is 0 Å². The van der Waals surface area contributed by atoms with Crippen LogP contribution in [0.1, 0.15) is 69.2 Å². The predicted octanol–water partition coefficient (Wildman–Crippen LogP) is 5.07. The number of aryl methyl sites for hydroxylation is 1. The topological polar surface area (TPSA) is 106 Å². The van der Waals surface area contributed by atoms with Crippen molar-refractivity contribution < 1.29 is 32.4 Å². The van der Waals surface area contributed by atoms with Crippen molar-refractivity contribution in [3.05, 3.63) is 71.5 Å². The Labute approximate surface area is 243 Å². The quantitative estimate of drug-likeness (QED) is 0.323. The summed E-state index contributed by atoms with van der Waals surface area (Å²) in [6, 6.07) is 15.3. The van der Waals surface area contributed by atoms with Gasteiger partial charge in [0.05, 0.1) is 29.8 Å². The van der Waals surface area contributed by atoms with Crippen molar-refractivity contribution >= 4 is 27.9 Å². The molecule has 9 heteroatoms. The third-order valence-corrected chi connectivity index (χ3v) is 12.5. The van der Waals surface area contributed by atoms with E-state index in [-0.39, 0.29) is 29.6 Å². The van der Waals surface area contributed by atoms with E-state index >= 15 is 0 Å². The summed E-state index contributed by atoms with van der Waals surface area (Å²) in [5, 5.41) is 22.6. The van der Waals surface area contributed by atoms with Crippen LogP contribution in [0.3, 0.4) is 0 Å². The minimum atomic E-state index is -3.86. The standard InChI is InChI=1S/C32H41BO7S/c1-31(2)23-18-28(31)32(3,34)29(19-23)40-33(35)30(17-22-20-39-27-12-7-6-11-25(22)27)41(36,37)16-14-21-9-4-5-10-24(21)26-13-8-15-38-26/h4-7,9-12,20,23,26,28-30,34-35H,8,13-19H2,1-3H3/t23-,26?,28-,29+,30-,32-/m0/s1. The first-order valence-electron chi connectivity index (χ1n) is 14.9. The van der Waals surface area contributed by atoms with Crippen LogP contribution in [0, 0.1) is 17.3 Å². The highest BCUT2D eigenvalue weighted by Gasteiger charge is 2.63. The van der Waals surface area contributed by atoms with Gasteiger partial charge in [-0.1, -0.05) is 56.3 Å². The number of fused-ring (bicyclic) bond motifs is 3. The van der Waals surface area contributed by atoms with E-state index in [9.17, 15) is 18.5 Å². The van der Waals surface area contributed by atoms with Crippen LogP contribution in [0.25, 0.3) is 11.0 Å². The van der Waals surface area contributed by atoms with Gasteiger partial charge in [-0.2, -0.15) is 0 Å². The molecular weight excluding hydrogens is 539 g/mol. The lowest BCUT2D eigenvalue weighted by Crippen LogP contribution is -2.68. The zero-order chi connectivity index (χ0) is 29.0. The molecule has 2 N–H and O–H groups in total. The molecule has 2 aromatic carbocycles. The second-order valence-electron chi connectivity index (χ2n) is 13.1. The number of hydrogen-bond acceptors (Lipinski definition) is 7. The molecule has 0 radical (unpaired) electrons. The van der Waals surface area contributed by atoms with Crippen LogP contribution in [0.2, 0.25) is 0 Å². The summed E-state index contributed by atoms with van der Waals surface area (Å²) in [4.78, 5) is 0. The molecule has 1 unspecified atom stereocenters. The average molecular weight is 581 g/mol. The summed E-state index contributed by atoms with van der Waals surface area (Å²) in [5.41, 5.74) is 2.19. The second kappa shape index (κ2) is 10.8. The van der Waals surface area contributed by atoms with Gasteiger partial charge in [-0.25, -0.2) is 8.42 Å². The van der Waals surface area contributed by atoms with Gasteiger partial charge in [0.15, 0.2) is 9.84 Å². The Morgan fingerprint density at radius 2 is 1.83 bits per heavy atom. The van der Waals surface area contributed by atoms with Gasteiger partial charge in [-0.3, -0.25) is 0 Å². The van der Waals surface area contributed by atoms with Gasteiger partial charge in [0.1, 0.15) is 10.7 Å². The highest BCUT2D eigenvalue weighted by atomic mass is 32.2. The summed E-state index contributed by atoms with van der Waals surface area (Å²) < 4.78 is 45.8. The maximum absolute atomic E-state index is 14.1. The van der Waals surface area contributed by atoms with E-state index in [1.165, 1.54) is 0 Å². The van der Waals surface area contributed by atoms with Crippen molar-refractivity contribution in [1.82, 2.24) is 0 Å². The summed E-state index contributed by atoms with van der Waals surface area (Å²) in [5.74, 6) is 0.261. The Hall–Kier alpha value is -2.17. The summed E-state index contributed by atoms with van der Waals surface area (Å²) in [7, 11) is -5.46. The molecule has 2 bridgehead atoms. The third kappa shape index (κ3) is 5.29. The van der Waals surface area contributed by atoms with Crippen molar-refractivity contribution in [3.63, 3.8) is 0 Å². The molecule has 1 aromatic heterocycles. The number of hydrogen-bond donors (Lipinski definition) is 2. The van der Waals surface area contributed by atoms with Crippen LogP contribution in [-0.2, 0) is 32.1 Å². The van der Waals surface area contributed by atoms with E-state index in [0.29, 0.717) is 36.5 Å². The Balaban J connectivity index is 1.26. The van der Waals surface area contributed by atoms with Crippen LogP contribution in [-0.4, -0.2) is 54.9 Å². The molecule has 3 aromatic rings. The van der Waals surface area contributed by atoms with E-state index in [2.05, 4.69) is 13.8 Å². The maximum atomic E-state index is 14.1. The molecule has 4 fully saturated rings. The van der Waals surface area contributed by atoms with Crippen LogP contribution in [0.4, 0.5) is 0 Å². The fraction of sp³-hybridized carbons (Fsp3) is 0.562. The first kappa shape index (κ1) is 28.9. The zero-order valence-electron chi connectivity index (χ0n) is 24.2. The molecule has 1 saturated heterocycles. The largest absolute Gasteiger partial charge is 0.474 e. The van der Waals surface area contributed by atoms with Gasteiger partial charge in [0, 0.05) is 12.0 Å².